The number of phosphoric ester groups is 1. The molecule has 0 amide bonds. The maximum absolute atomic E-state index is 12.1. The molecule has 0 saturated heterocycles. The predicted octanol–water partition coefficient (Wildman–Crippen LogP) is 2.09. The fourth-order valence-corrected chi connectivity index (χ4v) is 1.23. The third-order valence-electron chi connectivity index (χ3n) is 0.891. The van der Waals surface area contributed by atoms with E-state index in [0.29, 0.717) is 6.42 Å². The first kappa shape index (κ1) is 12.9. The van der Waals surface area contributed by atoms with Gasteiger partial charge in [-0.15, -0.1) is 0 Å². The third-order valence-corrected chi connectivity index (χ3v) is 1.87. The molecule has 0 aromatic heterocycles. The van der Waals surface area contributed by atoms with Gasteiger partial charge in [-0.3, -0.25) is 4.52 Å². The van der Waals surface area contributed by atoms with Crippen molar-refractivity contribution in [3.8, 4) is 0 Å². The molecule has 2 unspecified atom stereocenters. The zero-order valence-corrected chi connectivity index (χ0v) is 7.72. The lowest BCUT2D eigenvalue weighted by atomic mass is 10.5. The van der Waals surface area contributed by atoms with Gasteiger partial charge in [0.25, 0.3) is 12.8 Å². The van der Waals surface area contributed by atoms with Gasteiger partial charge in [-0.25, -0.2) is 22.3 Å². The minimum Gasteiger partial charge on any atom is -0.302 e. The number of alkyl halides is 3. The van der Waals surface area contributed by atoms with Crippen LogP contribution < -0.4 is 0 Å². The van der Waals surface area contributed by atoms with E-state index in [9.17, 15) is 17.7 Å². The quantitative estimate of drug-likeness (QED) is 0.699. The Kier molecular flexibility index (Phi) is 5.55. The van der Waals surface area contributed by atoms with Crippen molar-refractivity contribution in [1.29, 1.82) is 0 Å². The Morgan fingerprint density at radius 2 is 2.00 bits per heavy atom. The van der Waals surface area contributed by atoms with Gasteiger partial charge in [0.05, 0.1) is 6.61 Å². The van der Waals surface area contributed by atoms with Crippen LogP contribution in [0.25, 0.3) is 0 Å². The van der Waals surface area contributed by atoms with Gasteiger partial charge >= 0.3 is 7.82 Å². The van der Waals surface area contributed by atoms with Crippen LogP contribution in [0.3, 0.4) is 0 Å². The van der Waals surface area contributed by atoms with Gasteiger partial charge in [0.1, 0.15) is 0 Å². The van der Waals surface area contributed by atoms with Crippen molar-refractivity contribution in [2.75, 3.05) is 6.61 Å². The van der Waals surface area contributed by atoms with Crippen LogP contribution >= 0.6 is 7.82 Å². The highest BCUT2D eigenvalue weighted by molar-refractivity contribution is 7.47. The molecule has 80 valence electrons. The lowest BCUT2D eigenvalue weighted by Gasteiger charge is -2.13. The maximum atomic E-state index is 12.1. The van der Waals surface area contributed by atoms with E-state index in [2.05, 4.69) is 9.05 Å². The molecule has 2 atom stereocenters. The zero-order chi connectivity index (χ0) is 10.5. The van der Waals surface area contributed by atoms with Crippen molar-refractivity contribution in [2.24, 2.45) is 0 Å². The van der Waals surface area contributed by atoms with Gasteiger partial charge in [0.15, 0.2) is 0 Å². The van der Waals surface area contributed by atoms with Crippen LogP contribution in [0.2, 0.25) is 0 Å². The minimum absolute atomic E-state index is 0.163. The first-order valence-corrected chi connectivity index (χ1v) is 4.96. The molecule has 8 heteroatoms. The number of halogens is 3. The third kappa shape index (κ3) is 6.04. The standard InChI is InChI=1S/C5H10F3O4P/c1-2-3-11-13(9,10)12-5(8)4(6)7/h4-5H,2-3H2,1H3,(H,9,10). The molecular weight excluding hydrogens is 212 g/mol. The Morgan fingerprint density at radius 3 is 2.38 bits per heavy atom. The molecule has 0 aromatic rings. The van der Waals surface area contributed by atoms with Crippen molar-refractivity contribution in [2.45, 2.75) is 26.1 Å². The summed E-state index contributed by atoms with van der Waals surface area (Å²) >= 11 is 0. The molecule has 13 heavy (non-hydrogen) atoms. The SMILES string of the molecule is CCCOP(=O)(O)OC(F)C(F)F. The fraction of sp³-hybridized carbons (Fsp3) is 1.00. The van der Waals surface area contributed by atoms with Gasteiger partial charge in [0, 0.05) is 0 Å². The van der Waals surface area contributed by atoms with Crippen molar-refractivity contribution in [3.05, 3.63) is 0 Å². The number of hydrogen-bond acceptors (Lipinski definition) is 3. The second-order valence-corrected chi connectivity index (χ2v) is 3.50. The zero-order valence-electron chi connectivity index (χ0n) is 6.82. The van der Waals surface area contributed by atoms with Crippen molar-refractivity contribution in [3.63, 3.8) is 0 Å². The average Bonchev–Trinajstić information content (AvgIpc) is 2.00. The summed E-state index contributed by atoms with van der Waals surface area (Å²) in [5.41, 5.74) is 0. The van der Waals surface area contributed by atoms with Crippen LogP contribution in [0.15, 0.2) is 0 Å². The van der Waals surface area contributed by atoms with E-state index in [1.807, 2.05) is 0 Å². The lowest BCUT2D eigenvalue weighted by Crippen LogP contribution is -2.15. The van der Waals surface area contributed by atoms with Crippen LogP contribution in [-0.4, -0.2) is 24.3 Å². The van der Waals surface area contributed by atoms with Gasteiger partial charge < -0.3 is 4.89 Å². The van der Waals surface area contributed by atoms with E-state index in [1.54, 1.807) is 6.92 Å². The molecule has 0 aliphatic carbocycles. The number of hydrogen-bond donors (Lipinski definition) is 1. The van der Waals surface area contributed by atoms with Crippen molar-refractivity contribution >= 4 is 7.82 Å². The number of rotatable bonds is 6. The summed E-state index contributed by atoms with van der Waals surface area (Å²) in [5, 5.41) is 0. The van der Waals surface area contributed by atoms with E-state index in [4.69, 9.17) is 4.89 Å². The summed E-state index contributed by atoms with van der Waals surface area (Å²) in [7, 11) is -4.67. The molecule has 4 nitrogen and oxygen atoms in total. The minimum atomic E-state index is -4.67. The normalized spacial score (nSPS) is 18.6. The van der Waals surface area contributed by atoms with E-state index in [1.165, 1.54) is 0 Å². The molecule has 0 aliphatic heterocycles. The molecule has 0 rings (SSSR count). The summed E-state index contributed by atoms with van der Waals surface area (Å²) in [6.45, 7) is 1.46. The molecule has 0 saturated carbocycles. The highest BCUT2D eigenvalue weighted by atomic mass is 31.2. The van der Waals surface area contributed by atoms with Gasteiger partial charge in [-0.05, 0) is 6.42 Å². The summed E-state index contributed by atoms with van der Waals surface area (Å²) in [6.07, 6.45) is -6.18. The van der Waals surface area contributed by atoms with Gasteiger partial charge in [0.2, 0.25) is 0 Å². The molecule has 0 radical (unpaired) electrons. The molecule has 0 fully saturated rings. The highest BCUT2D eigenvalue weighted by Crippen LogP contribution is 2.45. The summed E-state index contributed by atoms with van der Waals surface area (Å²) in [4.78, 5) is 8.60. The van der Waals surface area contributed by atoms with E-state index in [-0.39, 0.29) is 6.61 Å². The highest BCUT2D eigenvalue weighted by Gasteiger charge is 2.31. The maximum Gasteiger partial charge on any atom is 0.474 e. The molecule has 0 aromatic carbocycles. The van der Waals surface area contributed by atoms with E-state index >= 15 is 0 Å². The monoisotopic (exact) mass is 222 g/mol. The summed E-state index contributed by atoms with van der Waals surface area (Å²) in [5.74, 6) is 0. The van der Waals surface area contributed by atoms with Crippen LogP contribution in [0.4, 0.5) is 13.2 Å². The van der Waals surface area contributed by atoms with Gasteiger partial charge in [-0.2, -0.15) is 0 Å². The Hall–Kier alpha value is -0.100. The van der Waals surface area contributed by atoms with E-state index in [0.717, 1.165) is 0 Å². The second kappa shape index (κ2) is 5.59. The smallest absolute Gasteiger partial charge is 0.302 e. The Balaban J connectivity index is 3.94. The molecule has 0 aliphatic rings. The van der Waals surface area contributed by atoms with Crippen molar-refractivity contribution < 1.29 is 31.7 Å². The van der Waals surface area contributed by atoms with Gasteiger partial charge in [-0.1, -0.05) is 6.92 Å². The van der Waals surface area contributed by atoms with Crippen LogP contribution in [0, 0.1) is 0 Å². The first-order chi connectivity index (χ1) is 5.89. The molecule has 0 spiro atoms. The molecular formula is C5H10F3O4P. The lowest BCUT2D eigenvalue weighted by molar-refractivity contribution is -0.0826. The Labute approximate surface area is 73.3 Å². The largest absolute Gasteiger partial charge is 0.474 e. The molecule has 1 N–H and O–H groups in total. The number of phosphoric acid groups is 1. The summed E-state index contributed by atoms with van der Waals surface area (Å²) < 4.78 is 53.3. The van der Waals surface area contributed by atoms with E-state index < -0.39 is 20.6 Å². The van der Waals surface area contributed by atoms with Crippen LogP contribution in [0.5, 0.6) is 0 Å². The fourth-order valence-electron chi connectivity index (χ4n) is 0.410. The predicted molar refractivity (Wildman–Crippen MR) is 38.1 cm³/mol. The molecule has 0 heterocycles. The topological polar surface area (TPSA) is 55.8 Å². The van der Waals surface area contributed by atoms with Crippen LogP contribution in [-0.2, 0) is 13.6 Å². The summed E-state index contributed by atoms with van der Waals surface area (Å²) in [6, 6.07) is 0. The first-order valence-electron chi connectivity index (χ1n) is 3.47. The van der Waals surface area contributed by atoms with Crippen molar-refractivity contribution in [1.82, 2.24) is 0 Å². The van der Waals surface area contributed by atoms with Crippen LogP contribution in [0.1, 0.15) is 13.3 Å². The second-order valence-electron chi connectivity index (χ2n) is 2.09. The molecule has 0 bridgehead atoms. The Morgan fingerprint density at radius 1 is 1.46 bits per heavy atom. The average molecular weight is 222 g/mol. The Bertz CT molecular complexity index is 189.